The zero-order chi connectivity index (χ0) is 13.7. The van der Waals surface area contributed by atoms with Gasteiger partial charge in [-0.1, -0.05) is 25.8 Å². The van der Waals surface area contributed by atoms with Crippen molar-refractivity contribution >= 4 is 5.82 Å². The largest absolute Gasteiger partial charge is 0.389 e. The summed E-state index contributed by atoms with van der Waals surface area (Å²) < 4.78 is 0. The Labute approximate surface area is 116 Å². The van der Waals surface area contributed by atoms with Gasteiger partial charge >= 0.3 is 0 Å². The van der Waals surface area contributed by atoms with Crippen molar-refractivity contribution in [1.82, 2.24) is 4.98 Å². The minimum absolute atomic E-state index is 0.446. The van der Waals surface area contributed by atoms with Gasteiger partial charge < -0.3 is 10.0 Å². The summed E-state index contributed by atoms with van der Waals surface area (Å²) in [6.45, 7) is 6.23. The van der Waals surface area contributed by atoms with Gasteiger partial charge in [0.25, 0.3) is 0 Å². The van der Waals surface area contributed by atoms with Gasteiger partial charge in [-0.15, -0.1) is 0 Å². The van der Waals surface area contributed by atoms with Crippen molar-refractivity contribution in [3.63, 3.8) is 0 Å². The van der Waals surface area contributed by atoms with Gasteiger partial charge in [0, 0.05) is 24.8 Å². The fourth-order valence-corrected chi connectivity index (χ4v) is 3.07. The highest BCUT2D eigenvalue weighted by atomic mass is 16.3. The van der Waals surface area contributed by atoms with Gasteiger partial charge in [0.15, 0.2) is 0 Å². The molecule has 2 rings (SSSR count). The van der Waals surface area contributed by atoms with Gasteiger partial charge in [0.2, 0.25) is 0 Å². The number of anilines is 1. The Kier molecular flexibility index (Phi) is 5.20. The summed E-state index contributed by atoms with van der Waals surface area (Å²) in [5.74, 6) is 1.85. The fraction of sp³-hybridized carbons (Fsp3) is 0.688. The summed E-state index contributed by atoms with van der Waals surface area (Å²) in [4.78, 5) is 6.86. The van der Waals surface area contributed by atoms with E-state index >= 15 is 0 Å². The molecule has 1 unspecified atom stereocenters. The van der Waals surface area contributed by atoms with E-state index in [-0.39, 0.29) is 0 Å². The molecule has 106 valence electrons. The molecular formula is C16H26N2O. The van der Waals surface area contributed by atoms with Crippen molar-refractivity contribution in [2.24, 2.45) is 5.92 Å². The highest BCUT2D eigenvalue weighted by Crippen LogP contribution is 2.28. The zero-order valence-corrected chi connectivity index (χ0v) is 12.2. The second-order valence-corrected chi connectivity index (χ2v) is 5.66. The maximum Gasteiger partial charge on any atom is 0.134 e. The van der Waals surface area contributed by atoms with Crippen LogP contribution in [0.15, 0.2) is 18.3 Å². The molecule has 1 aliphatic heterocycles. The van der Waals surface area contributed by atoms with Crippen LogP contribution in [-0.4, -0.2) is 23.2 Å². The van der Waals surface area contributed by atoms with Crippen LogP contribution in [0.5, 0.6) is 0 Å². The molecule has 1 saturated heterocycles. The van der Waals surface area contributed by atoms with E-state index in [2.05, 4.69) is 16.8 Å². The van der Waals surface area contributed by atoms with Crippen LogP contribution in [0.25, 0.3) is 0 Å². The van der Waals surface area contributed by atoms with Gasteiger partial charge in [-0.25, -0.2) is 4.98 Å². The summed E-state index contributed by atoms with van der Waals surface area (Å²) in [6.07, 6.45) is 7.84. The SMILES string of the molecule is CCCC1CCCN(c2ncccc2[C@H](C)O)CC1. The maximum atomic E-state index is 9.88. The summed E-state index contributed by atoms with van der Waals surface area (Å²) in [6, 6.07) is 3.89. The second-order valence-electron chi connectivity index (χ2n) is 5.66. The number of aliphatic hydroxyl groups excluding tert-OH is 1. The van der Waals surface area contributed by atoms with Gasteiger partial charge in [0.05, 0.1) is 6.10 Å². The number of nitrogens with zero attached hydrogens (tertiary/aromatic N) is 2. The van der Waals surface area contributed by atoms with Crippen LogP contribution in [0.4, 0.5) is 5.82 Å². The number of aliphatic hydroxyl groups is 1. The van der Waals surface area contributed by atoms with Crippen LogP contribution in [0.3, 0.4) is 0 Å². The summed E-state index contributed by atoms with van der Waals surface area (Å²) >= 11 is 0. The Morgan fingerprint density at radius 3 is 3.00 bits per heavy atom. The normalized spacial score (nSPS) is 22.1. The number of aromatic nitrogens is 1. The Morgan fingerprint density at radius 2 is 2.26 bits per heavy atom. The molecule has 0 bridgehead atoms. The monoisotopic (exact) mass is 262 g/mol. The average molecular weight is 262 g/mol. The molecule has 0 spiro atoms. The lowest BCUT2D eigenvalue weighted by Crippen LogP contribution is -2.26. The van der Waals surface area contributed by atoms with Crippen LogP contribution in [0, 0.1) is 5.92 Å². The van der Waals surface area contributed by atoms with E-state index in [4.69, 9.17) is 0 Å². The molecule has 19 heavy (non-hydrogen) atoms. The van der Waals surface area contributed by atoms with Gasteiger partial charge in [-0.2, -0.15) is 0 Å². The molecule has 0 radical (unpaired) electrons. The number of hydrogen-bond acceptors (Lipinski definition) is 3. The van der Waals surface area contributed by atoms with E-state index in [0.717, 1.165) is 30.4 Å². The molecule has 1 N–H and O–H groups in total. The first kappa shape index (κ1) is 14.3. The van der Waals surface area contributed by atoms with E-state index in [1.807, 2.05) is 25.3 Å². The van der Waals surface area contributed by atoms with E-state index in [1.54, 1.807) is 0 Å². The van der Waals surface area contributed by atoms with Crippen molar-refractivity contribution < 1.29 is 5.11 Å². The number of rotatable bonds is 4. The average Bonchev–Trinajstić information content (AvgIpc) is 2.65. The van der Waals surface area contributed by atoms with Crippen molar-refractivity contribution in [3.8, 4) is 0 Å². The Bertz CT molecular complexity index is 392. The first-order chi connectivity index (χ1) is 9.22. The highest BCUT2D eigenvalue weighted by Gasteiger charge is 2.20. The standard InChI is InChI=1S/C16H26N2O/c1-3-6-14-7-5-11-18(12-9-14)16-15(13(2)19)8-4-10-17-16/h4,8,10,13-14,19H,3,5-7,9,11-12H2,1-2H3/t13-,14?/m0/s1. The molecule has 1 aromatic heterocycles. The van der Waals surface area contributed by atoms with E-state index in [9.17, 15) is 5.11 Å². The van der Waals surface area contributed by atoms with Gasteiger partial charge in [-0.05, 0) is 38.2 Å². The summed E-state index contributed by atoms with van der Waals surface area (Å²) in [5.41, 5.74) is 0.955. The van der Waals surface area contributed by atoms with Gasteiger partial charge in [-0.3, -0.25) is 0 Å². The van der Waals surface area contributed by atoms with Crippen LogP contribution in [-0.2, 0) is 0 Å². The summed E-state index contributed by atoms with van der Waals surface area (Å²) in [5, 5.41) is 9.88. The minimum atomic E-state index is -0.446. The van der Waals surface area contributed by atoms with Gasteiger partial charge in [0.1, 0.15) is 5.82 Å². The van der Waals surface area contributed by atoms with E-state index in [0.29, 0.717) is 0 Å². The lowest BCUT2D eigenvalue weighted by atomic mass is 9.96. The van der Waals surface area contributed by atoms with Crippen molar-refractivity contribution in [1.29, 1.82) is 0 Å². The molecule has 1 aliphatic rings. The quantitative estimate of drug-likeness (QED) is 0.901. The second kappa shape index (κ2) is 6.90. The van der Waals surface area contributed by atoms with Crippen molar-refractivity contribution in [2.45, 2.75) is 52.1 Å². The lowest BCUT2D eigenvalue weighted by molar-refractivity contribution is 0.199. The molecule has 0 amide bonds. The molecule has 2 atom stereocenters. The van der Waals surface area contributed by atoms with E-state index in [1.165, 1.54) is 32.1 Å². The number of hydrogen-bond donors (Lipinski definition) is 1. The smallest absolute Gasteiger partial charge is 0.134 e. The fourth-order valence-electron chi connectivity index (χ4n) is 3.07. The molecule has 2 heterocycles. The molecule has 0 saturated carbocycles. The molecular weight excluding hydrogens is 236 g/mol. The van der Waals surface area contributed by atoms with Crippen molar-refractivity contribution in [3.05, 3.63) is 23.9 Å². The first-order valence-electron chi connectivity index (χ1n) is 7.60. The maximum absolute atomic E-state index is 9.88. The third-order valence-corrected chi connectivity index (χ3v) is 4.11. The Balaban J connectivity index is 2.10. The third-order valence-electron chi connectivity index (χ3n) is 4.11. The molecule has 1 aromatic rings. The third kappa shape index (κ3) is 3.69. The predicted molar refractivity (Wildman–Crippen MR) is 79.3 cm³/mol. The van der Waals surface area contributed by atoms with Crippen LogP contribution >= 0.6 is 0 Å². The number of pyridine rings is 1. The lowest BCUT2D eigenvalue weighted by Gasteiger charge is -2.25. The molecule has 0 aliphatic carbocycles. The van der Waals surface area contributed by atoms with E-state index < -0.39 is 6.10 Å². The molecule has 3 nitrogen and oxygen atoms in total. The first-order valence-corrected chi connectivity index (χ1v) is 7.60. The zero-order valence-electron chi connectivity index (χ0n) is 12.2. The van der Waals surface area contributed by atoms with Crippen LogP contribution in [0.2, 0.25) is 0 Å². The molecule has 3 heteroatoms. The highest BCUT2D eigenvalue weighted by molar-refractivity contribution is 5.47. The topological polar surface area (TPSA) is 36.4 Å². The van der Waals surface area contributed by atoms with Crippen molar-refractivity contribution in [2.75, 3.05) is 18.0 Å². The molecule has 0 aromatic carbocycles. The molecule has 1 fully saturated rings. The van der Waals surface area contributed by atoms with Crippen LogP contribution in [0.1, 0.15) is 57.6 Å². The predicted octanol–water partition coefficient (Wildman–Crippen LogP) is 3.54. The Hall–Kier alpha value is -1.09. The van der Waals surface area contributed by atoms with Crippen LogP contribution < -0.4 is 4.90 Å². The summed E-state index contributed by atoms with van der Waals surface area (Å²) in [7, 11) is 0. The minimum Gasteiger partial charge on any atom is -0.389 e. The Morgan fingerprint density at radius 1 is 1.42 bits per heavy atom.